The highest BCUT2D eigenvalue weighted by Crippen LogP contribution is 2.25. The third kappa shape index (κ3) is 2.25. The maximum Gasteiger partial charge on any atom is 0.104 e. The first-order valence-electron chi connectivity index (χ1n) is 6.31. The van der Waals surface area contributed by atoms with Crippen LogP contribution in [-0.2, 0) is 0 Å². The van der Waals surface area contributed by atoms with E-state index in [1.165, 1.54) is 0 Å². The van der Waals surface area contributed by atoms with Crippen LogP contribution in [0.1, 0.15) is 22.8 Å². The molecule has 20 heavy (non-hydrogen) atoms. The molecule has 0 radical (unpaired) electrons. The van der Waals surface area contributed by atoms with Crippen molar-refractivity contribution >= 4 is 10.9 Å². The predicted molar refractivity (Wildman–Crippen MR) is 77.0 cm³/mol. The van der Waals surface area contributed by atoms with Crippen LogP contribution in [0.25, 0.3) is 10.9 Å². The van der Waals surface area contributed by atoms with Gasteiger partial charge in [-0.15, -0.1) is 0 Å². The number of aromatic nitrogens is 1. The van der Waals surface area contributed by atoms with E-state index in [0.717, 1.165) is 16.5 Å². The van der Waals surface area contributed by atoms with Crippen molar-refractivity contribution in [2.75, 3.05) is 0 Å². The Morgan fingerprint density at radius 3 is 2.70 bits per heavy atom. The molecule has 1 atom stereocenters. The molecule has 3 aromatic rings. The smallest absolute Gasteiger partial charge is 0.104 e. The molecule has 1 aromatic heterocycles. The zero-order valence-electron chi connectivity index (χ0n) is 10.7. The van der Waals surface area contributed by atoms with E-state index in [-0.39, 0.29) is 0 Å². The summed E-state index contributed by atoms with van der Waals surface area (Å²) in [5, 5.41) is 20.4. The number of aliphatic hydroxyl groups is 1. The van der Waals surface area contributed by atoms with Gasteiger partial charge in [-0.2, -0.15) is 5.26 Å². The lowest BCUT2D eigenvalue weighted by Crippen LogP contribution is -2.00. The minimum Gasteiger partial charge on any atom is -0.384 e. The lowest BCUT2D eigenvalue weighted by molar-refractivity contribution is 0.220. The Kier molecular flexibility index (Phi) is 3.16. The van der Waals surface area contributed by atoms with Crippen molar-refractivity contribution in [2.24, 2.45) is 0 Å². The summed E-state index contributed by atoms with van der Waals surface area (Å²) in [5.74, 6) is 0. The number of hydrogen-bond acceptors (Lipinski definition) is 3. The van der Waals surface area contributed by atoms with E-state index >= 15 is 0 Å². The quantitative estimate of drug-likeness (QED) is 0.769. The molecule has 1 N–H and O–H groups in total. The second-order valence-electron chi connectivity index (χ2n) is 4.60. The standard InChI is InChI=1S/C17H12N2O/c18-11-12-3-1-4-14(9-12)17(20)15-7-6-13-5-2-8-19-16(13)10-15/h1-10,17,20H. The minimum atomic E-state index is -0.755. The van der Waals surface area contributed by atoms with Crippen LogP contribution in [0.3, 0.4) is 0 Å². The van der Waals surface area contributed by atoms with Crippen LogP contribution in [0.2, 0.25) is 0 Å². The number of hydrogen-bond donors (Lipinski definition) is 1. The van der Waals surface area contributed by atoms with E-state index in [1.807, 2.05) is 36.4 Å². The topological polar surface area (TPSA) is 56.9 Å². The summed E-state index contributed by atoms with van der Waals surface area (Å²) >= 11 is 0. The van der Waals surface area contributed by atoms with E-state index in [2.05, 4.69) is 11.1 Å². The van der Waals surface area contributed by atoms with Gasteiger partial charge in [-0.05, 0) is 35.4 Å². The first kappa shape index (κ1) is 12.3. The largest absolute Gasteiger partial charge is 0.384 e. The molecule has 0 aliphatic rings. The highest BCUT2D eigenvalue weighted by atomic mass is 16.3. The van der Waals surface area contributed by atoms with Crippen molar-refractivity contribution in [3.8, 4) is 6.07 Å². The van der Waals surface area contributed by atoms with E-state index in [9.17, 15) is 5.11 Å². The minimum absolute atomic E-state index is 0.542. The van der Waals surface area contributed by atoms with Crippen LogP contribution < -0.4 is 0 Å². The summed E-state index contributed by atoms with van der Waals surface area (Å²) in [5.41, 5.74) is 2.87. The summed E-state index contributed by atoms with van der Waals surface area (Å²) < 4.78 is 0. The average Bonchev–Trinajstić information content (AvgIpc) is 2.53. The first-order chi connectivity index (χ1) is 9.78. The Labute approximate surface area is 116 Å². The van der Waals surface area contributed by atoms with Crippen molar-refractivity contribution in [1.82, 2.24) is 4.98 Å². The summed E-state index contributed by atoms with van der Waals surface area (Å²) in [4.78, 5) is 4.29. The van der Waals surface area contributed by atoms with Gasteiger partial charge in [0.15, 0.2) is 0 Å². The van der Waals surface area contributed by atoms with Gasteiger partial charge in [-0.3, -0.25) is 4.98 Å². The second kappa shape index (κ2) is 5.12. The molecule has 0 aliphatic heterocycles. The highest BCUT2D eigenvalue weighted by Gasteiger charge is 2.11. The number of benzene rings is 2. The van der Waals surface area contributed by atoms with Gasteiger partial charge in [0.25, 0.3) is 0 Å². The Hall–Kier alpha value is -2.70. The molecule has 0 saturated heterocycles. The maximum atomic E-state index is 10.4. The van der Waals surface area contributed by atoms with Gasteiger partial charge in [0.1, 0.15) is 6.10 Å². The van der Waals surface area contributed by atoms with Gasteiger partial charge >= 0.3 is 0 Å². The number of nitriles is 1. The highest BCUT2D eigenvalue weighted by molar-refractivity contribution is 5.79. The zero-order chi connectivity index (χ0) is 13.9. The maximum absolute atomic E-state index is 10.4. The van der Waals surface area contributed by atoms with Crippen LogP contribution in [0.4, 0.5) is 0 Å². The van der Waals surface area contributed by atoms with Crippen LogP contribution in [0.15, 0.2) is 60.8 Å². The van der Waals surface area contributed by atoms with Crippen LogP contribution in [0.5, 0.6) is 0 Å². The van der Waals surface area contributed by atoms with Crippen molar-refractivity contribution in [1.29, 1.82) is 5.26 Å². The lowest BCUT2D eigenvalue weighted by Gasteiger charge is -2.12. The fraction of sp³-hybridized carbons (Fsp3) is 0.0588. The van der Waals surface area contributed by atoms with E-state index in [1.54, 1.807) is 24.4 Å². The molecule has 3 nitrogen and oxygen atoms in total. The van der Waals surface area contributed by atoms with Gasteiger partial charge in [0, 0.05) is 11.6 Å². The third-order valence-electron chi connectivity index (χ3n) is 3.28. The van der Waals surface area contributed by atoms with Crippen LogP contribution in [0, 0.1) is 11.3 Å². The Balaban J connectivity index is 2.03. The number of nitrogens with zero attached hydrogens (tertiary/aromatic N) is 2. The van der Waals surface area contributed by atoms with E-state index in [4.69, 9.17) is 5.26 Å². The number of rotatable bonds is 2. The number of aliphatic hydroxyl groups excluding tert-OH is 1. The van der Waals surface area contributed by atoms with Gasteiger partial charge in [-0.1, -0.05) is 30.3 Å². The molecule has 1 unspecified atom stereocenters. The molecule has 2 aromatic carbocycles. The third-order valence-corrected chi connectivity index (χ3v) is 3.28. The molecule has 3 heteroatoms. The molecule has 0 aliphatic carbocycles. The molecule has 1 heterocycles. The Morgan fingerprint density at radius 1 is 1.00 bits per heavy atom. The van der Waals surface area contributed by atoms with Crippen molar-refractivity contribution in [3.05, 3.63) is 77.5 Å². The normalized spacial score (nSPS) is 12.0. The van der Waals surface area contributed by atoms with Gasteiger partial charge in [-0.25, -0.2) is 0 Å². The molecular formula is C17H12N2O. The molecule has 96 valence electrons. The molecule has 0 amide bonds. The van der Waals surface area contributed by atoms with Crippen LogP contribution >= 0.6 is 0 Å². The summed E-state index contributed by atoms with van der Waals surface area (Å²) in [7, 11) is 0. The van der Waals surface area contributed by atoms with Gasteiger partial charge in [0.2, 0.25) is 0 Å². The summed E-state index contributed by atoms with van der Waals surface area (Å²) in [6.45, 7) is 0. The fourth-order valence-corrected chi connectivity index (χ4v) is 2.22. The van der Waals surface area contributed by atoms with E-state index < -0.39 is 6.10 Å². The van der Waals surface area contributed by atoms with Gasteiger partial charge < -0.3 is 5.11 Å². The van der Waals surface area contributed by atoms with E-state index in [0.29, 0.717) is 11.1 Å². The van der Waals surface area contributed by atoms with Crippen molar-refractivity contribution in [2.45, 2.75) is 6.10 Å². The molecule has 0 spiro atoms. The lowest BCUT2D eigenvalue weighted by atomic mass is 9.99. The molecular weight excluding hydrogens is 248 g/mol. The zero-order valence-corrected chi connectivity index (χ0v) is 10.7. The second-order valence-corrected chi connectivity index (χ2v) is 4.60. The van der Waals surface area contributed by atoms with Crippen LogP contribution in [-0.4, -0.2) is 10.1 Å². The van der Waals surface area contributed by atoms with Crippen molar-refractivity contribution in [3.63, 3.8) is 0 Å². The molecule has 0 bridgehead atoms. The summed E-state index contributed by atoms with van der Waals surface area (Å²) in [6.07, 6.45) is 0.976. The molecule has 3 rings (SSSR count). The summed E-state index contributed by atoms with van der Waals surface area (Å²) in [6, 6.07) is 18.7. The number of fused-ring (bicyclic) bond motifs is 1. The SMILES string of the molecule is N#Cc1cccc(C(O)c2ccc3cccnc3c2)c1. The van der Waals surface area contributed by atoms with Crippen molar-refractivity contribution < 1.29 is 5.11 Å². The first-order valence-corrected chi connectivity index (χ1v) is 6.31. The monoisotopic (exact) mass is 260 g/mol. The number of pyridine rings is 1. The van der Waals surface area contributed by atoms with Gasteiger partial charge in [0.05, 0.1) is 17.1 Å². The molecule has 0 fully saturated rings. The Morgan fingerprint density at radius 2 is 1.85 bits per heavy atom. The Bertz CT molecular complexity index is 805. The fourth-order valence-electron chi connectivity index (χ4n) is 2.22. The molecule has 0 saturated carbocycles. The average molecular weight is 260 g/mol. The predicted octanol–water partition coefficient (Wildman–Crippen LogP) is 3.19.